The Morgan fingerprint density at radius 3 is 1.91 bits per heavy atom. The number of hydrogen-bond donors (Lipinski definition) is 0. The molecule has 33 heavy (non-hydrogen) atoms. The quantitative estimate of drug-likeness (QED) is 0.270. The predicted octanol–water partition coefficient (Wildman–Crippen LogP) is 6.39. The summed E-state index contributed by atoms with van der Waals surface area (Å²) in [5, 5.41) is 0. The number of methoxy groups -OCH3 is 1. The zero-order valence-corrected chi connectivity index (χ0v) is 18.7. The molecule has 0 amide bonds. The largest absolute Gasteiger partial charge is 0.497 e. The molecule has 0 radical (unpaired) electrons. The Morgan fingerprint density at radius 1 is 0.697 bits per heavy atom. The highest BCUT2D eigenvalue weighted by atomic mass is 16.5. The van der Waals surface area contributed by atoms with Gasteiger partial charge in [0.1, 0.15) is 11.5 Å². The first-order valence-electron chi connectivity index (χ1n) is 11.3. The summed E-state index contributed by atoms with van der Waals surface area (Å²) in [6, 6.07) is 34.2. The lowest BCUT2D eigenvalue weighted by atomic mass is 9.64. The Kier molecular flexibility index (Phi) is 5.70. The molecule has 1 aliphatic rings. The van der Waals surface area contributed by atoms with Gasteiger partial charge in [-0.25, -0.2) is 4.79 Å². The highest BCUT2D eigenvalue weighted by molar-refractivity contribution is 5.90. The van der Waals surface area contributed by atoms with E-state index in [1.54, 1.807) is 19.2 Å². The van der Waals surface area contributed by atoms with E-state index in [0.717, 1.165) is 25.0 Å². The van der Waals surface area contributed by atoms with E-state index in [1.165, 1.54) is 22.3 Å². The van der Waals surface area contributed by atoms with Crippen molar-refractivity contribution >= 4 is 5.97 Å². The first-order valence-corrected chi connectivity index (χ1v) is 11.3. The van der Waals surface area contributed by atoms with Crippen LogP contribution in [0.3, 0.4) is 0 Å². The Bertz CT molecular complexity index is 1240. The Labute approximate surface area is 194 Å². The Morgan fingerprint density at radius 2 is 1.27 bits per heavy atom. The maximum absolute atomic E-state index is 12.4. The van der Waals surface area contributed by atoms with Gasteiger partial charge in [-0.15, -0.1) is 0 Å². The minimum Gasteiger partial charge on any atom is -0.497 e. The van der Waals surface area contributed by atoms with Crippen molar-refractivity contribution in [1.82, 2.24) is 0 Å². The van der Waals surface area contributed by atoms with E-state index >= 15 is 0 Å². The van der Waals surface area contributed by atoms with Crippen LogP contribution < -0.4 is 9.47 Å². The minimum atomic E-state index is -0.347. The second-order valence-electron chi connectivity index (χ2n) is 8.54. The maximum Gasteiger partial charge on any atom is 0.343 e. The Balaban J connectivity index is 1.48. The highest BCUT2D eigenvalue weighted by Gasteiger charge is 2.37. The second-order valence-corrected chi connectivity index (χ2v) is 8.54. The number of benzene rings is 4. The van der Waals surface area contributed by atoms with Crippen LogP contribution in [0.4, 0.5) is 0 Å². The monoisotopic (exact) mass is 434 g/mol. The van der Waals surface area contributed by atoms with E-state index in [-0.39, 0.29) is 11.4 Å². The van der Waals surface area contributed by atoms with Gasteiger partial charge in [-0.3, -0.25) is 0 Å². The molecule has 0 saturated carbocycles. The van der Waals surface area contributed by atoms with Crippen LogP contribution in [-0.2, 0) is 18.3 Å². The zero-order chi connectivity index (χ0) is 22.7. The number of esters is 1. The van der Waals surface area contributed by atoms with Gasteiger partial charge in [-0.2, -0.15) is 0 Å². The highest BCUT2D eigenvalue weighted by Crippen LogP contribution is 2.44. The van der Waals surface area contributed by atoms with Crippen LogP contribution in [-0.4, -0.2) is 13.1 Å². The third-order valence-corrected chi connectivity index (χ3v) is 6.70. The van der Waals surface area contributed by atoms with Crippen LogP contribution >= 0.6 is 0 Å². The van der Waals surface area contributed by atoms with Gasteiger partial charge in [0.15, 0.2) is 0 Å². The molecule has 0 aromatic heterocycles. The molecule has 164 valence electrons. The van der Waals surface area contributed by atoms with Gasteiger partial charge >= 0.3 is 5.97 Å². The fourth-order valence-corrected chi connectivity index (χ4v) is 4.89. The van der Waals surface area contributed by atoms with Gasteiger partial charge in [0, 0.05) is 5.41 Å². The number of carbonyl (C=O) groups is 1. The van der Waals surface area contributed by atoms with Gasteiger partial charge in [0.2, 0.25) is 0 Å². The molecule has 1 atom stereocenters. The van der Waals surface area contributed by atoms with Crippen molar-refractivity contribution in [2.75, 3.05) is 7.11 Å². The van der Waals surface area contributed by atoms with Crippen LogP contribution in [0.1, 0.15) is 39.0 Å². The molecule has 0 bridgehead atoms. The van der Waals surface area contributed by atoms with Gasteiger partial charge in [-0.05, 0) is 77.9 Å². The molecule has 5 rings (SSSR count). The number of rotatable bonds is 5. The van der Waals surface area contributed by atoms with Crippen molar-refractivity contribution in [1.29, 1.82) is 0 Å². The molecule has 0 N–H and O–H groups in total. The first-order chi connectivity index (χ1) is 16.2. The van der Waals surface area contributed by atoms with Crippen LogP contribution in [0.5, 0.6) is 11.5 Å². The summed E-state index contributed by atoms with van der Waals surface area (Å²) in [4.78, 5) is 12.4. The average Bonchev–Trinajstić information content (AvgIpc) is 2.89. The molecule has 4 aromatic rings. The second kappa shape index (κ2) is 8.95. The normalized spacial score (nSPS) is 17.1. The summed E-state index contributed by atoms with van der Waals surface area (Å²) in [6.45, 7) is 0. The van der Waals surface area contributed by atoms with E-state index in [0.29, 0.717) is 11.3 Å². The SMILES string of the molecule is COc1ccc(C2(c3ccc(OC(=O)c4ccccc4)cc3)CCc3ccccc3C2)cc1. The average molecular weight is 435 g/mol. The molecule has 0 saturated heterocycles. The van der Waals surface area contributed by atoms with Crippen molar-refractivity contribution in [3.63, 3.8) is 0 Å². The summed E-state index contributed by atoms with van der Waals surface area (Å²) in [6.07, 6.45) is 2.96. The number of hydrogen-bond acceptors (Lipinski definition) is 3. The van der Waals surface area contributed by atoms with Crippen molar-refractivity contribution in [2.24, 2.45) is 0 Å². The van der Waals surface area contributed by atoms with E-state index in [2.05, 4.69) is 48.5 Å². The lowest BCUT2D eigenvalue weighted by Crippen LogP contribution is -2.34. The summed E-state index contributed by atoms with van der Waals surface area (Å²) in [7, 11) is 1.69. The van der Waals surface area contributed by atoms with Crippen LogP contribution in [0.15, 0.2) is 103 Å². The van der Waals surface area contributed by atoms with E-state index in [9.17, 15) is 4.79 Å². The first kappa shape index (κ1) is 21.0. The summed E-state index contributed by atoms with van der Waals surface area (Å²) >= 11 is 0. The molecule has 1 aliphatic carbocycles. The van der Waals surface area contributed by atoms with Crippen molar-refractivity contribution in [2.45, 2.75) is 24.7 Å². The molecular weight excluding hydrogens is 408 g/mol. The topological polar surface area (TPSA) is 35.5 Å². The number of carbonyl (C=O) groups excluding carboxylic acids is 1. The van der Waals surface area contributed by atoms with Crippen molar-refractivity contribution in [3.05, 3.63) is 131 Å². The molecule has 4 aromatic carbocycles. The molecule has 0 fully saturated rings. The molecule has 0 spiro atoms. The number of aryl methyl sites for hydroxylation is 1. The molecule has 0 aliphatic heterocycles. The fourth-order valence-electron chi connectivity index (χ4n) is 4.89. The van der Waals surface area contributed by atoms with E-state index in [4.69, 9.17) is 9.47 Å². The minimum absolute atomic E-state index is 0.150. The lowest BCUT2D eigenvalue weighted by Gasteiger charge is -2.39. The summed E-state index contributed by atoms with van der Waals surface area (Å²) < 4.78 is 11.0. The molecule has 1 unspecified atom stereocenters. The third-order valence-electron chi connectivity index (χ3n) is 6.70. The molecule has 3 heteroatoms. The van der Waals surface area contributed by atoms with Crippen LogP contribution in [0.25, 0.3) is 0 Å². The third kappa shape index (κ3) is 4.14. The molecule has 0 heterocycles. The molecule has 3 nitrogen and oxygen atoms in total. The zero-order valence-electron chi connectivity index (χ0n) is 18.7. The van der Waals surface area contributed by atoms with Gasteiger partial charge < -0.3 is 9.47 Å². The standard InChI is InChI=1S/C30H26O3/c1-32-27-15-11-25(12-16-27)30(20-19-22-7-5-6-10-24(22)21-30)26-13-17-28(18-14-26)33-29(31)23-8-3-2-4-9-23/h2-18H,19-21H2,1H3. The maximum atomic E-state index is 12.4. The van der Waals surface area contributed by atoms with Crippen LogP contribution in [0, 0.1) is 0 Å². The van der Waals surface area contributed by atoms with E-state index < -0.39 is 0 Å². The van der Waals surface area contributed by atoms with Crippen molar-refractivity contribution < 1.29 is 14.3 Å². The predicted molar refractivity (Wildman–Crippen MR) is 130 cm³/mol. The number of ether oxygens (including phenoxy) is 2. The van der Waals surface area contributed by atoms with Crippen LogP contribution in [0.2, 0.25) is 0 Å². The van der Waals surface area contributed by atoms with Gasteiger partial charge in [0.25, 0.3) is 0 Å². The van der Waals surface area contributed by atoms with Gasteiger partial charge in [0.05, 0.1) is 12.7 Å². The van der Waals surface area contributed by atoms with E-state index in [1.807, 2.05) is 42.5 Å². The summed E-state index contributed by atoms with van der Waals surface area (Å²) in [5.74, 6) is 1.06. The molecular formula is C30H26O3. The summed E-state index contributed by atoms with van der Waals surface area (Å²) in [5.41, 5.74) is 5.70. The number of fused-ring (bicyclic) bond motifs is 1. The van der Waals surface area contributed by atoms with Crippen molar-refractivity contribution in [3.8, 4) is 11.5 Å². The smallest absolute Gasteiger partial charge is 0.343 e. The Hall–Kier alpha value is -3.85. The fraction of sp³-hybridized carbons (Fsp3) is 0.167. The lowest BCUT2D eigenvalue weighted by molar-refractivity contribution is 0.0734. The van der Waals surface area contributed by atoms with Gasteiger partial charge in [-0.1, -0.05) is 66.7 Å².